The lowest BCUT2D eigenvalue weighted by Gasteiger charge is -2.35. The van der Waals surface area contributed by atoms with Crippen molar-refractivity contribution in [3.05, 3.63) is 18.2 Å². The molecule has 1 unspecified atom stereocenters. The predicted molar refractivity (Wildman–Crippen MR) is 94.7 cm³/mol. The lowest BCUT2D eigenvalue weighted by Crippen LogP contribution is -2.52. The molecule has 138 valence electrons. The van der Waals surface area contributed by atoms with Crippen molar-refractivity contribution in [3.63, 3.8) is 0 Å². The van der Waals surface area contributed by atoms with Gasteiger partial charge in [-0.25, -0.2) is 4.98 Å². The highest BCUT2D eigenvalue weighted by Crippen LogP contribution is 2.28. The summed E-state index contributed by atoms with van der Waals surface area (Å²) in [4.78, 5) is 30.9. The van der Waals surface area contributed by atoms with Gasteiger partial charge in [-0.15, -0.1) is 0 Å². The number of amides is 2. The first-order valence-electron chi connectivity index (χ1n) is 9.39. The van der Waals surface area contributed by atoms with Crippen LogP contribution >= 0.6 is 0 Å². The average molecular weight is 347 g/mol. The molecule has 1 saturated carbocycles. The van der Waals surface area contributed by atoms with Gasteiger partial charge in [-0.3, -0.25) is 9.59 Å². The van der Waals surface area contributed by atoms with Crippen LogP contribution in [0.2, 0.25) is 0 Å². The molecule has 1 aromatic heterocycles. The fourth-order valence-corrected chi connectivity index (χ4v) is 3.93. The van der Waals surface area contributed by atoms with E-state index < -0.39 is 0 Å². The van der Waals surface area contributed by atoms with E-state index >= 15 is 0 Å². The van der Waals surface area contributed by atoms with Crippen LogP contribution in [0.4, 0.5) is 0 Å². The molecule has 2 fully saturated rings. The van der Waals surface area contributed by atoms with E-state index in [1.165, 1.54) is 25.7 Å². The fourth-order valence-electron chi connectivity index (χ4n) is 3.93. The number of carbonyl (C=O) groups excluding carboxylic acids is 2. The van der Waals surface area contributed by atoms with Crippen LogP contribution < -0.4 is 10.6 Å². The number of carbonyl (C=O) groups is 2. The summed E-state index contributed by atoms with van der Waals surface area (Å²) in [5.41, 5.74) is 0. The molecule has 0 spiro atoms. The molecule has 2 N–H and O–H groups in total. The summed E-state index contributed by atoms with van der Waals surface area (Å²) in [6.45, 7) is 2.16. The van der Waals surface area contributed by atoms with Gasteiger partial charge in [-0.05, 0) is 12.3 Å². The van der Waals surface area contributed by atoms with Crippen molar-refractivity contribution in [2.24, 2.45) is 13.0 Å². The number of piperazine rings is 1. The second kappa shape index (κ2) is 8.47. The third kappa shape index (κ3) is 4.60. The third-order valence-corrected chi connectivity index (χ3v) is 5.41. The summed E-state index contributed by atoms with van der Waals surface area (Å²) in [7, 11) is 1.93. The number of aryl methyl sites for hydroxylation is 1. The van der Waals surface area contributed by atoms with Gasteiger partial charge in [0, 0.05) is 45.5 Å². The molecule has 3 rings (SSSR count). The molecule has 0 aromatic carbocycles. The van der Waals surface area contributed by atoms with Gasteiger partial charge >= 0.3 is 0 Å². The standard InChI is InChI=1S/C18H29N5O2/c1-22-10-9-20-18(22)15-12-19-8-11-23(15)17(25)13-21-16(24)7-6-14-4-2-3-5-14/h9-10,14-15,19H,2-8,11-13H2,1H3,(H,21,24). The van der Waals surface area contributed by atoms with E-state index in [2.05, 4.69) is 15.6 Å². The van der Waals surface area contributed by atoms with Crippen LogP contribution in [-0.2, 0) is 16.6 Å². The highest BCUT2D eigenvalue weighted by atomic mass is 16.2. The zero-order valence-corrected chi connectivity index (χ0v) is 15.0. The largest absolute Gasteiger partial charge is 0.347 e. The van der Waals surface area contributed by atoms with Crippen molar-refractivity contribution in [1.29, 1.82) is 0 Å². The van der Waals surface area contributed by atoms with Gasteiger partial charge in [0.25, 0.3) is 0 Å². The molecular formula is C18H29N5O2. The average Bonchev–Trinajstić information content (AvgIpc) is 3.29. The van der Waals surface area contributed by atoms with Gasteiger partial charge in [0.05, 0.1) is 6.54 Å². The molecule has 1 aromatic rings. The SMILES string of the molecule is Cn1ccnc1C1CNCCN1C(=O)CNC(=O)CCC1CCCC1. The molecule has 2 aliphatic rings. The number of hydrogen-bond acceptors (Lipinski definition) is 4. The zero-order valence-electron chi connectivity index (χ0n) is 15.0. The van der Waals surface area contributed by atoms with Gasteiger partial charge < -0.3 is 20.1 Å². The molecule has 2 amide bonds. The molecule has 1 atom stereocenters. The Hall–Kier alpha value is -1.89. The Morgan fingerprint density at radius 3 is 2.88 bits per heavy atom. The molecule has 0 bridgehead atoms. The summed E-state index contributed by atoms with van der Waals surface area (Å²) in [6, 6.07) is -0.0864. The topological polar surface area (TPSA) is 79.3 Å². The van der Waals surface area contributed by atoms with Gasteiger partial charge in [-0.2, -0.15) is 0 Å². The van der Waals surface area contributed by atoms with E-state index in [1.54, 1.807) is 6.20 Å². The maximum Gasteiger partial charge on any atom is 0.242 e. The molecule has 7 nitrogen and oxygen atoms in total. The first kappa shape index (κ1) is 17.9. The minimum Gasteiger partial charge on any atom is -0.347 e. The molecular weight excluding hydrogens is 318 g/mol. The number of hydrogen-bond donors (Lipinski definition) is 2. The van der Waals surface area contributed by atoms with Crippen molar-refractivity contribution >= 4 is 11.8 Å². The van der Waals surface area contributed by atoms with E-state index in [0.29, 0.717) is 25.4 Å². The minimum atomic E-state index is -0.0864. The summed E-state index contributed by atoms with van der Waals surface area (Å²) in [5.74, 6) is 1.52. The van der Waals surface area contributed by atoms with Crippen LogP contribution in [0, 0.1) is 5.92 Å². The van der Waals surface area contributed by atoms with E-state index in [-0.39, 0.29) is 24.4 Å². The molecule has 2 heterocycles. The van der Waals surface area contributed by atoms with E-state index in [4.69, 9.17) is 0 Å². The summed E-state index contributed by atoms with van der Waals surface area (Å²) in [5, 5.41) is 6.12. The fraction of sp³-hybridized carbons (Fsp3) is 0.722. The Balaban J connectivity index is 1.48. The van der Waals surface area contributed by atoms with E-state index in [0.717, 1.165) is 18.8 Å². The number of nitrogens with one attached hydrogen (secondary N) is 2. The van der Waals surface area contributed by atoms with Gasteiger partial charge in [0.1, 0.15) is 11.9 Å². The first-order valence-corrected chi connectivity index (χ1v) is 9.39. The maximum atomic E-state index is 12.6. The normalized spacial score (nSPS) is 21.5. The van der Waals surface area contributed by atoms with E-state index in [9.17, 15) is 9.59 Å². The van der Waals surface area contributed by atoms with Crippen molar-refractivity contribution in [1.82, 2.24) is 25.1 Å². The quantitative estimate of drug-likeness (QED) is 0.804. The van der Waals surface area contributed by atoms with E-state index in [1.807, 2.05) is 22.7 Å². The lowest BCUT2D eigenvalue weighted by atomic mass is 10.0. The molecule has 7 heteroatoms. The number of rotatable bonds is 6. The van der Waals surface area contributed by atoms with Crippen LogP contribution in [0.3, 0.4) is 0 Å². The Bertz CT molecular complexity index is 594. The Kier molecular flexibility index (Phi) is 6.07. The summed E-state index contributed by atoms with van der Waals surface area (Å²) in [6.07, 6.45) is 10.2. The van der Waals surface area contributed by atoms with Gasteiger partial charge in [0.15, 0.2) is 0 Å². The monoisotopic (exact) mass is 347 g/mol. The molecule has 0 radical (unpaired) electrons. The molecule has 1 aliphatic heterocycles. The third-order valence-electron chi connectivity index (χ3n) is 5.41. The van der Waals surface area contributed by atoms with Gasteiger partial charge in [0.2, 0.25) is 11.8 Å². The van der Waals surface area contributed by atoms with Crippen LogP contribution in [0.25, 0.3) is 0 Å². The number of aromatic nitrogens is 2. The molecule has 1 saturated heterocycles. The van der Waals surface area contributed by atoms with Crippen LogP contribution in [-0.4, -0.2) is 52.4 Å². The Morgan fingerprint density at radius 1 is 1.36 bits per heavy atom. The van der Waals surface area contributed by atoms with Crippen molar-refractivity contribution in [2.45, 2.75) is 44.6 Å². The number of imidazole rings is 1. The molecule has 25 heavy (non-hydrogen) atoms. The van der Waals surface area contributed by atoms with Crippen LogP contribution in [0.1, 0.15) is 50.4 Å². The Morgan fingerprint density at radius 2 is 2.16 bits per heavy atom. The second-order valence-corrected chi connectivity index (χ2v) is 7.17. The second-order valence-electron chi connectivity index (χ2n) is 7.17. The zero-order chi connectivity index (χ0) is 17.6. The van der Waals surface area contributed by atoms with Crippen LogP contribution in [0.5, 0.6) is 0 Å². The smallest absolute Gasteiger partial charge is 0.242 e. The highest BCUT2D eigenvalue weighted by Gasteiger charge is 2.30. The Labute approximate surface area is 149 Å². The van der Waals surface area contributed by atoms with Crippen molar-refractivity contribution in [2.75, 3.05) is 26.2 Å². The maximum absolute atomic E-state index is 12.6. The first-order chi connectivity index (χ1) is 12.1. The predicted octanol–water partition coefficient (Wildman–Crippen LogP) is 0.980. The number of nitrogens with zero attached hydrogens (tertiary/aromatic N) is 3. The molecule has 1 aliphatic carbocycles. The van der Waals surface area contributed by atoms with Crippen LogP contribution in [0.15, 0.2) is 12.4 Å². The minimum absolute atomic E-state index is 0.0103. The summed E-state index contributed by atoms with van der Waals surface area (Å²) < 4.78 is 1.94. The van der Waals surface area contributed by atoms with Crippen molar-refractivity contribution in [3.8, 4) is 0 Å². The van der Waals surface area contributed by atoms with Crippen molar-refractivity contribution < 1.29 is 9.59 Å². The van der Waals surface area contributed by atoms with Gasteiger partial charge in [-0.1, -0.05) is 25.7 Å². The highest BCUT2D eigenvalue weighted by molar-refractivity contribution is 5.85. The summed E-state index contributed by atoms with van der Waals surface area (Å²) >= 11 is 0. The lowest BCUT2D eigenvalue weighted by molar-refractivity contribution is -0.136.